The fourth-order valence-corrected chi connectivity index (χ4v) is 3.06. The third-order valence-electron chi connectivity index (χ3n) is 3.71. The summed E-state index contributed by atoms with van der Waals surface area (Å²) < 4.78 is 5.57. The number of benzene rings is 1. The standard InChI is InChI=1S/C16H17BrN2O2/c17-15-12(8-11-21-15)16(20)18-13-6-2-3-7-14(13)19-9-4-1-5-10-19/h2-3,6-8,11H,1,4-5,9-10H2,(H,18,20). The molecule has 2 aromatic rings. The normalized spacial score (nSPS) is 15.0. The summed E-state index contributed by atoms with van der Waals surface area (Å²) in [5.74, 6) is -0.167. The summed E-state index contributed by atoms with van der Waals surface area (Å²) in [6.45, 7) is 2.09. The molecule has 21 heavy (non-hydrogen) atoms. The maximum absolute atomic E-state index is 12.3. The Bertz CT molecular complexity index is 633. The van der Waals surface area contributed by atoms with Crippen LogP contribution in [0, 0.1) is 0 Å². The van der Waals surface area contributed by atoms with Gasteiger partial charge in [-0.2, -0.15) is 0 Å². The highest BCUT2D eigenvalue weighted by atomic mass is 79.9. The van der Waals surface area contributed by atoms with Crippen LogP contribution in [-0.2, 0) is 0 Å². The van der Waals surface area contributed by atoms with Crippen LogP contribution in [0.3, 0.4) is 0 Å². The first kappa shape index (κ1) is 14.2. The average Bonchev–Trinajstić information content (AvgIpc) is 2.95. The fraction of sp³-hybridized carbons (Fsp3) is 0.312. The van der Waals surface area contributed by atoms with E-state index in [9.17, 15) is 4.79 Å². The van der Waals surface area contributed by atoms with E-state index in [1.807, 2.05) is 18.2 Å². The summed E-state index contributed by atoms with van der Waals surface area (Å²) in [5.41, 5.74) is 2.44. The molecule has 0 aliphatic carbocycles. The number of piperidine rings is 1. The van der Waals surface area contributed by atoms with E-state index in [0.29, 0.717) is 10.2 Å². The Morgan fingerprint density at radius 2 is 1.90 bits per heavy atom. The molecular formula is C16H17BrN2O2. The molecule has 5 heteroatoms. The van der Waals surface area contributed by atoms with Gasteiger partial charge < -0.3 is 14.6 Å². The molecule has 0 saturated carbocycles. The highest BCUT2D eigenvalue weighted by molar-refractivity contribution is 9.10. The van der Waals surface area contributed by atoms with Crippen LogP contribution >= 0.6 is 15.9 Å². The monoisotopic (exact) mass is 348 g/mol. The number of furan rings is 1. The van der Waals surface area contributed by atoms with Crippen LogP contribution in [0.25, 0.3) is 0 Å². The Balaban J connectivity index is 1.82. The van der Waals surface area contributed by atoms with Crippen molar-refractivity contribution in [2.75, 3.05) is 23.3 Å². The summed E-state index contributed by atoms with van der Waals surface area (Å²) >= 11 is 3.24. The fourth-order valence-electron chi connectivity index (χ4n) is 2.64. The molecule has 0 spiro atoms. The molecule has 3 rings (SSSR count). The van der Waals surface area contributed by atoms with Gasteiger partial charge in [0.2, 0.25) is 0 Å². The molecule has 1 aromatic heterocycles. The Morgan fingerprint density at radius 1 is 1.14 bits per heavy atom. The Labute approximate surface area is 132 Å². The van der Waals surface area contributed by atoms with Gasteiger partial charge in [-0.1, -0.05) is 12.1 Å². The van der Waals surface area contributed by atoms with E-state index in [4.69, 9.17) is 4.42 Å². The van der Waals surface area contributed by atoms with Crippen molar-refractivity contribution in [2.24, 2.45) is 0 Å². The van der Waals surface area contributed by atoms with Gasteiger partial charge in [-0.05, 0) is 53.4 Å². The van der Waals surface area contributed by atoms with Gasteiger partial charge in [0.25, 0.3) is 5.91 Å². The molecule has 2 heterocycles. The van der Waals surface area contributed by atoms with Crippen molar-refractivity contribution in [3.05, 3.63) is 46.8 Å². The molecule has 1 aliphatic rings. The van der Waals surface area contributed by atoms with Gasteiger partial charge >= 0.3 is 0 Å². The van der Waals surface area contributed by atoms with E-state index in [1.165, 1.54) is 25.5 Å². The van der Waals surface area contributed by atoms with Crippen molar-refractivity contribution >= 4 is 33.2 Å². The van der Waals surface area contributed by atoms with Crippen LogP contribution in [0.1, 0.15) is 29.6 Å². The highest BCUT2D eigenvalue weighted by Crippen LogP contribution is 2.29. The van der Waals surface area contributed by atoms with E-state index in [2.05, 4.69) is 32.2 Å². The molecule has 0 bridgehead atoms. The van der Waals surface area contributed by atoms with Gasteiger partial charge in [-0.3, -0.25) is 4.79 Å². The largest absolute Gasteiger partial charge is 0.457 e. The lowest BCUT2D eigenvalue weighted by atomic mass is 10.1. The van der Waals surface area contributed by atoms with Crippen LogP contribution < -0.4 is 10.2 Å². The van der Waals surface area contributed by atoms with Crippen LogP contribution in [0.15, 0.2) is 45.7 Å². The molecular weight excluding hydrogens is 332 g/mol. The third kappa shape index (κ3) is 3.13. The molecule has 0 atom stereocenters. The summed E-state index contributed by atoms with van der Waals surface area (Å²) in [7, 11) is 0. The molecule has 1 aliphatic heterocycles. The third-order valence-corrected chi connectivity index (χ3v) is 4.33. The second-order valence-electron chi connectivity index (χ2n) is 5.13. The minimum absolute atomic E-state index is 0.167. The minimum Gasteiger partial charge on any atom is -0.457 e. The highest BCUT2D eigenvalue weighted by Gasteiger charge is 2.17. The van der Waals surface area contributed by atoms with Crippen LogP contribution in [0.2, 0.25) is 0 Å². The lowest BCUT2D eigenvalue weighted by Crippen LogP contribution is -2.30. The average molecular weight is 349 g/mol. The SMILES string of the molecule is O=C(Nc1ccccc1N1CCCCC1)c1ccoc1Br. The molecule has 4 nitrogen and oxygen atoms in total. The number of amides is 1. The van der Waals surface area contributed by atoms with Gasteiger partial charge in [-0.25, -0.2) is 0 Å². The number of hydrogen-bond donors (Lipinski definition) is 1. The zero-order valence-corrected chi connectivity index (χ0v) is 13.2. The smallest absolute Gasteiger partial charge is 0.260 e. The van der Waals surface area contributed by atoms with E-state index < -0.39 is 0 Å². The predicted molar refractivity (Wildman–Crippen MR) is 86.9 cm³/mol. The van der Waals surface area contributed by atoms with E-state index in [0.717, 1.165) is 24.5 Å². The number of anilines is 2. The number of nitrogens with one attached hydrogen (secondary N) is 1. The van der Waals surface area contributed by atoms with Gasteiger partial charge in [0.1, 0.15) is 0 Å². The maximum Gasteiger partial charge on any atom is 0.260 e. The van der Waals surface area contributed by atoms with Crippen molar-refractivity contribution in [1.29, 1.82) is 0 Å². The number of halogens is 1. The van der Waals surface area contributed by atoms with Crippen molar-refractivity contribution in [3.8, 4) is 0 Å². The number of rotatable bonds is 3. The molecule has 0 unspecified atom stereocenters. The van der Waals surface area contributed by atoms with Gasteiger partial charge in [0.05, 0.1) is 23.2 Å². The molecule has 1 saturated heterocycles. The first-order chi connectivity index (χ1) is 10.3. The summed E-state index contributed by atoms with van der Waals surface area (Å²) in [6, 6.07) is 9.60. The Morgan fingerprint density at radius 3 is 2.62 bits per heavy atom. The van der Waals surface area contributed by atoms with E-state index in [-0.39, 0.29) is 5.91 Å². The van der Waals surface area contributed by atoms with Gasteiger partial charge in [0, 0.05) is 13.1 Å². The van der Waals surface area contributed by atoms with Crippen LogP contribution in [-0.4, -0.2) is 19.0 Å². The van der Waals surface area contributed by atoms with Crippen LogP contribution in [0.5, 0.6) is 0 Å². The predicted octanol–water partition coefficient (Wildman–Crippen LogP) is 4.28. The minimum atomic E-state index is -0.167. The number of carbonyl (C=O) groups is 1. The Hall–Kier alpha value is -1.75. The summed E-state index contributed by atoms with van der Waals surface area (Å²) in [6.07, 6.45) is 5.19. The topological polar surface area (TPSA) is 45.5 Å². The molecule has 1 N–H and O–H groups in total. The molecule has 0 radical (unpaired) electrons. The zero-order valence-electron chi connectivity index (χ0n) is 11.6. The first-order valence-corrected chi connectivity index (χ1v) is 7.93. The summed E-state index contributed by atoms with van der Waals surface area (Å²) in [5, 5.41) is 2.98. The van der Waals surface area contributed by atoms with Crippen molar-refractivity contribution in [1.82, 2.24) is 0 Å². The van der Waals surface area contributed by atoms with Crippen molar-refractivity contribution in [2.45, 2.75) is 19.3 Å². The molecule has 1 amide bonds. The van der Waals surface area contributed by atoms with Gasteiger partial charge in [-0.15, -0.1) is 0 Å². The number of carbonyl (C=O) groups excluding carboxylic acids is 1. The van der Waals surface area contributed by atoms with E-state index in [1.54, 1.807) is 6.07 Å². The molecule has 1 aromatic carbocycles. The second kappa shape index (κ2) is 6.35. The first-order valence-electron chi connectivity index (χ1n) is 7.14. The quantitative estimate of drug-likeness (QED) is 0.899. The molecule has 1 fully saturated rings. The maximum atomic E-state index is 12.3. The van der Waals surface area contributed by atoms with Crippen LogP contribution in [0.4, 0.5) is 11.4 Å². The Kier molecular flexibility index (Phi) is 4.29. The zero-order chi connectivity index (χ0) is 14.7. The van der Waals surface area contributed by atoms with Crippen molar-refractivity contribution in [3.63, 3.8) is 0 Å². The number of nitrogens with zero attached hydrogens (tertiary/aromatic N) is 1. The molecule has 110 valence electrons. The lowest BCUT2D eigenvalue weighted by molar-refractivity contribution is 0.102. The van der Waals surface area contributed by atoms with Gasteiger partial charge in [0.15, 0.2) is 4.67 Å². The summed E-state index contributed by atoms with van der Waals surface area (Å²) in [4.78, 5) is 14.6. The van der Waals surface area contributed by atoms with Crippen molar-refractivity contribution < 1.29 is 9.21 Å². The number of para-hydroxylation sites is 2. The van der Waals surface area contributed by atoms with E-state index >= 15 is 0 Å². The number of hydrogen-bond acceptors (Lipinski definition) is 3. The lowest BCUT2D eigenvalue weighted by Gasteiger charge is -2.30. The second-order valence-corrected chi connectivity index (χ2v) is 5.85.